The molecule has 22 heavy (non-hydrogen) atoms. The smallest absolute Gasteiger partial charge is 0.248 e. The van der Waals surface area contributed by atoms with Crippen LogP contribution in [0.15, 0.2) is 16.8 Å². The van der Waals surface area contributed by atoms with Crippen molar-refractivity contribution in [1.29, 1.82) is 0 Å². The number of fused-ring (bicyclic) bond motifs is 1. The van der Waals surface area contributed by atoms with Gasteiger partial charge in [0.1, 0.15) is 6.61 Å². The number of hydrogen-bond acceptors (Lipinski definition) is 5. The zero-order valence-electron chi connectivity index (χ0n) is 13.3. The van der Waals surface area contributed by atoms with Gasteiger partial charge in [-0.05, 0) is 22.4 Å². The van der Waals surface area contributed by atoms with Gasteiger partial charge in [-0.15, -0.1) is 0 Å². The molecule has 2 aliphatic rings. The lowest BCUT2D eigenvalue weighted by Crippen LogP contribution is -2.37. The molecule has 0 N–H and O–H groups in total. The lowest BCUT2D eigenvalue weighted by molar-refractivity contribution is -0.135. The van der Waals surface area contributed by atoms with Gasteiger partial charge in [0.2, 0.25) is 5.91 Å². The summed E-state index contributed by atoms with van der Waals surface area (Å²) in [5.41, 5.74) is 1.44. The second-order valence-corrected chi connectivity index (χ2v) is 7.44. The fourth-order valence-electron chi connectivity index (χ4n) is 3.38. The van der Waals surface area contributed by atoms with E-state index in [0.29, 0.717) is 12.5 Å². The first-order valence-electron chi connectivity index (χ1n) is 7.68. The van der Waals surface area contributed by atoms with Crippen LogP contribution in [0, 0.1) is 11.3 Å². The zero-order chi connectivity index (χ0) is 15.6. The molecule has 0 bridgehead atoms. The molecule has 122 valence electrons. The Kier molecular flexibility index (Phi) is 4.82. The highest BCUT2D eigenvalue weighted by Gasteiger charge is 2.50. The summed E-state index contributed by atoms with van der Waals surface area (Å²) in [4.78, 5) is 15.7. The van der Waals surface area contributed by atoms with Crippen LogP contribution in [0.25, 0.3) is 0 Å². The second-order valence-electron chi connectivity index (χ2n) is 6.66. The molecule has 2 saturated heterocycles. The van der Waals surface area contributed by atoms with Crippen LogP contribution in [0.1, 0.15) is 5.56 Å². The number of nitrogens with zero attached hydrogens (tertiary/aromatic N) is 2. The van der Waals surface area contributed by atoms with Gasteiger partial charge in [0, 0.05) is 45.1 Å². The molecule has 5 nitrogen and oxygen atoms in total. The fraction of sp³-hybridized carbons (Fsp3) is 0.688. The molecule has 2 atom stereocenters. The number of likely N-dealkylation sites (tertiary alicyclic amines) is 1. The second kappa shape index (κ2) is 6.66. The average molecular weight is 324 g/mol. The van der Waals surface area contributed by atoms with Gasteiger partial charge in [0.05, 0.1) is 19.8 Å². The van der Waals surface area contributed by atoms with Crippen LogP contribution in [0.5, 0.6) is 0 Å². The molecular weight excluding hydrogens is 300 g/mol. The van der Waals surface area contributed by atoms with Crippen LogP contribution in [0.2, 0.25) is 0 Å². The minimum Gasteiger partial charge on any atom is -0.380 e. The molecular formula is C16H24N2O3S. The Morgan fingerprint density at radius 2 is 2.45 bits per heavy atom. The Morgan fingerprint density at radius 1 is 1.59 bits per heavy atom. The molecule has 0 radical (unpaired) electrons. The summed E-state index contributed by atoms with van der Waals surface area (Å²) >= 11 is 1.74. The minimum atomic E-state index is 0.0139. The number of rotatable bonds is 6. The molecule has 1 amide bonds. The van der Waals surface area contributed by atoms with Crippen molar-refractivity contribution in [1.82, 2.24) is 9.80 Å². The Balaban J connectivity index is 1.55. The van der Waals surface area contributed by atoms with Gasteiger partial charge in [-0.1, -0.05) is 0 Å². The maximum atomic E-state index is 11.6. The summed E-state index contributed by atoms with van der Waals surface area (Å²) in [6, 6.07) is 2.19. The van der Waals surface area contributed by atoms with E-state index in [1.807, 2.05) is 0 Å². The third-order valence-electron chi connectivity index (χ3n) is 4.69. The topological polar surface area (TPSA) is 42.0 Å². The van der Waals surface area contributed by atoms with Gasteiger partial charge in [0.25, 0.3) is 0 Å². The maximum Gasteiger partial charge on any atom is 0.248 e. The van der Waals surface area contributed by atoms with Crippen LogP contribution in [-0.4, -0.2) is 69.3 Å². The van der Waals surface area contributed by atoms with Crippen LogP contribution >= 0.6 is 11.3 Å². The molecule has 6 heteroatoms. The van der Waals surface area contributed by atoms with E-state index in [9.17, 15) is 4.79 Å². The first kappa shape index (κ1) is 15.9. The molecule has 2 fully saturated rings. The SMILES string of the molecule is CN(C)C(=O)COC[C@]12COC[C@H]1CN(Cc1ccsc1)C2. The van der Waals surface area contributed by atoms with Crippen molar-refractivity contribution in [3.8, 4) is 0 Å². The lowest BCUT2D eigenvalue weighted by atomic mass is 9.82. The highest BCUT2D eigenvalue weighted by molar-refractivity contribution is 7.07. The predicted molar refractivity (Wildman–Crippen MR) is 85.9 cm³/mol. The molecule has 1 aromatic rings. The molecule has 0 aliphatic carbocycles. The van der Waals surface area contributed by atoms with E-state index < -0.39 is 0 Å². The van der Waals surface area contributed by atoms with Crippen molar-refractivity contribution >= 4 is 17.2 Å². The Morgan fingerprint density at radius 3 is 3.18 bits per heavy atom. The third kappa shape index (κ3) is 3.35. The fourth-order valence-corrected chi connectivity index (χ4v) is 4.04. The Labute approximate surface area is 135 Å². The normalized spacial score (nSPS) is 28.0. The number of ether oxygens (including phenoxy) is 2. The van der Waals surface area contributed by atoms with Crippen molar-refractivity contribution in [2.75, 3.05) is 53.6 Å². The zero-order valence-corrected chi connectivity index (χ0v) is 14.1. The van der Waals surface area contributed by atoms with Crippen LogP contribution in [-0.2, 0) is 20.8 Å². The van der Waals surface area contributed by atoms with Crippen molar-refractivity contribution < 1.29 is 14.3 Å². The number of carbonyl (C=O) groups is 1. The Hall–Kier alpha value is -0.950. The van der Waals surface area contributed by atoms with Gasteiger partial charge in [0.15, 0.2) is 0 Å². The lowest BCUT2D eigenvalue weighted by Gasteiger charge is -2.27. The highest BCUT2D eigenvalue weighted by atomic mass is 32.1. The van der Waals surface area contributed by atoms with Crippen molar-refractivity contribution in [2.45, 2.75) is 6.54 Å². The van der Waals surface area contributed by atoms with Crippen LogP contribution in [0.3, 0.4) is 0 Å². The Bertz CT molecular complexity index is 505. The van der Waals surface area contributed by atoms with E-state index in [4.69, 9.17) is 9.47 Å². The molecule has 3 rings (SSSR count). The monoisotopic (exact) mass is 324 g/mol. The quantitative estimate of drug-likeness (QED) is 0.791. The van der Waals surface area contributed by atoms with E-state index >= 15 is 0 Å². The molecule has 1 aromatic heterocycles. The maximum absolute atomic E-state index is 11.6. The van der Waals surface area contributed by atoms with Gasteiger partial charge in [-0.25, -0.2) is 0 Å². The van der Waals surface area contributed by atoms with E-state index in [0.717, 1.165) is 32.8 Å². The number of carbonyl (C=O) groups excluding carboxylic acids is 1. The van der Waals surface area contributed by atoms with E-state index in [1.165, 1.54) is 5.56 Å². The molecule has 0 unspecified atom stereocenters. The number of likely N-dealkylation sites (N-methyl/N-ethyl adjacent to an activating group) is 1. The van der Waals surface area contributed by atoms with E-state index in [2.05, 4.69) is 21.7 Å². The largest absolute Gasteiger partial charge is 0.380 e. The van der Waals surface area contributed by atoms with Crippen molar-refractivity contribution in [3.63, 3.8) is 0 Å². The van der Waals surface area contributed by atoms with Crippen molar-refractivity contribution in [3.05, 3.63) is 22.4 Å². The highest BCUT2D eigenvalue weighted by Crippen LogP contribution is 2.42. The average Bonchev–Trinajstić information content (AvgIpc) is 3.15. The standard InChI is InChI=1S/C16H24N2O3S/c1-17(2)15(19)8-21-12-16-10-18(5-13-3-4-22-9-13)6-14(16)7-20-11-16/h3-4,9,14H,5-8,10-12H2,1-2H3/t14-,16+/m1/s1. The minimum absolute atomic E-state index is 0.0139. The van der Waals surface area contributed by atoms with Crippen LogP contribution in [0.4, 0.5) is 0 Å². The molecule has 0 spiro atoms. The van der Waals surface area contributed by atoms with Gasteiger partial charge >= 0.3 is 0 Å². The summed E-state index contributed by atoms with van der Waals surface area (Å²) in [7, 11) is 3.51. The van der Waals surface area contributed by atoms with E-state index in [1.54, 1.807) is 30.3 Å². The molecule has 0 aromatic carbocycles. The first-order chi connectivity index (χ1) is 10.6. The third-order valence-corrected chi connectivity index (χ3v) is 5.42. The number of hydrogen-bond donors (Lipinski definition) is 0. The van der Waals surface area contributed by atoms with Gasteiger partial charge in [-0.3, -0.25) is 9.69 Å². The van der Waals surface area contributed by atoms with E-state index in [-0.39, 0.29) is 17.9 Å². The summed E-state index contributed by atoms with van der Waals surface area (Å²) in [6.07, 6.45) is 0. The molecule has 2 aliphatic heterocycles. The summed E-state index contributed by atoms with van der Waals surface area (Å²) in [5.74, 6) is 0.528. The first-order valence-corrected chi connectivity index (χ1v) is 8.62. The number of amides is 1. The predicted octanol–water partition coefficient (Wildman–Crippen LogP) is 1.30. The summed E-state index contributed by atoms with van der Waals surface area (Å²) < 4.78 is 11.4. The molecule has 0 saturated carbocycles. The van der Waals surface area contributed by atoms with Crippen LogP contribution < -0.4 is 0 Å². The molecule has 3 heterocycles. The van der Waals surface area contributed by atoms with Crippen molar-refractivity contribution in [2.24, 2.45) is 11.3 Å². The summed E-state index contributed by atoms with van der Waals surface area (Å²) in [6.45, 7) is 5.37. The van der Waals surface area contributed by atoms with Gasteiger partial charge < -0.3 is 14.4 Å². The van der Waals surface area contributed by atoms with Gasteiger partial charge in [-0.2, -0.15) is 11.3 Å². The number of thiophene rings is 1. The summed E-state index contributed by atoms with van der Waals surface area (Å²) in [5, 5.41) is 4.34.